The first-order valence-corrected chi connectivity index (χ1v) is 9.51. The standard InChI is InChI=1S/C26H19N2O/c1-28-11-9-17(10-12-28)18-5-7-23-21(16-27)13-20-4-3-19-14-22(29-2)6-8-24(19)26(20)25(23)15-18/h3-15H,1-2H3/q+1. The average molecular weight is 375 g/mol. The molecule has 3 heteroatoms. The number of hydrogen-bond acceptors (Lipinski definition) is 2. The van der Waals surface area contributed by atoms with Gasteiger partial charge in [0.25, 0.3) is 0 Å². The van der Waals surface area contributed by atoms with Crippen molar-refractivity contribution in [1.82, 2.24) is 0 Å². The van der Waals surface area contributed by atoms with Gasteiger partial charge in [0.05, 0.1) is 18.7 Å². The van der Waals surface area contributed by atoms with Gasteiger partial charge in [0.15, 0.2) is 12.4 Å². The van der Waals surface area contributed by atoms with Crippen LogP contribution in [0.4, 0.5) is 0 Å². The van der Waals surface area contributed by atoms with Gasteiger partial charge >= 0.3 is 0 Å². The Balaban J connectivity index is 1.90. The van der Waals surface area contributed by atoms with Crippen LogP contribution in [0.1, 0.15) is 5.56 Å². The minimum Gasteiger partial charge on any atom is -0.497 e. The van der Waals surface area contributed by atoms with Crippen LogP contribution in [-0.2, 0) is 7.05 Å². The highest BCUT2D eigenvalue weighted by molar-refractivity contribution is 6.22. The molecule has 138 valence electrons. The summed E-state index contributed by atoms with van der Waals surface area (Å²) in [5, 5.41) is 16.3. The number of nitriles is 1. The first-order chi connectivity index (χ1) is 14.2. The number of aromatic nitrogens is 1. The lowest BCUT2D eigenvalue weighted by Crippen LogP contribution is -2.25. The van der Waals surface area contributed by atoms with Gasteiger partial charge in [-0.3, -0.25) is 0 Å². The zero-order valence-corrected chi connectivity index (χ0v) is 16.3. The van der Waals surface area contributed by atoms with Gasteiger partial charge in [-0.05, 0) is 62.3 Å². The molecule has 0 unspecified atom stereocenters. The summed E-state index contributed by atoms with van der Waals surface area (Å²) in [7, 11) is 3.69. The summed E-state index contributed by atoms with van der Waals surface area (Å²) in [6.07, 6.45) is 4.09. The molecular weight excluding hydrogens is 356 g/mol. The van der Waals surface area contributed by atoms with Crippen molar-refractivity contribution >= 4 is 32.3 Å². The molecule has 1 heterocycles. The van der Waals surface area contributed by atoms with E-state index in [2.05, 4.69) is 60.7 Å². The maximum absolute atomic E-state index is 9.72. The van der Waals surface area contributed by atoms with Gasteiger partial charge in [-0.25, -0.2) is 4.57 Å². The van der Waals surface area contributed by atoms with Crippen LogP contribution >= 0.6 is 0 Å². The van der Waals surface area contributed by atoms with Crippen LogP contribution < -0.4 is 9.30 Å². The molecule has 5 rings (SSSR count). The van der Waals surface area contributed by atoms with Crippen molar-refractivity contribution in [2.45, 2.75) is 0 Å². The zero-order valence-electron chi connectivity index (χ0n) is 16.3. The van der Waals surface area contributed by atoms with E-state index in [4.69, 9.17) is 4.74 Å². The second-order valence-corrected chi connectivity index (χ2v) is 7.30. The molecule has 0 saturated carbocycles. The minimum absolute atomic E-state index is 0.700. The highest BCUT2D eigenvalue weighted by Crippen LogP contribution is 2.37. The van der Waals surface area contributed by atoms with Gasteiger partial charge in [0.2, 0.25) is 0 Å². The number of rotatable bonds is 2. The van der Waals surface area contributed by atoms with Gasteiger partial charge in [-0.1, -0.05) is 30.3 Å². The van der Waals surface area contributed by atoms with Crippen LogP contribution in [0.15, 0.2) is 79.1 Å². The molecular formula is C26H19N2O+. The summed E-state index contributed by atoms with van der Waals surface area (Å²) in [5.41, 5.74) is 2.99. The van der Waals surface area contributed by atoms with E-state index in [9.17, 15) is 5.26 Å². The molecule has 0 aliphatic rings. The average Bonchev–Trinajstić information content (AvgIpc) is 2.77. The van der Waals surface area contributed by atoms with E-state index < -0.39 is 0 Å². The Morgan fingerprint density at radius 3 is 2.28 bits per heavy atom. The molecule has 0 bridgehead atoms. The summed E-state index contributed by atoms with van der Waals surface area (Å²) < 4.78 is 7.42. The number of ether oxygens (including phenoxy) is 1. The predicted octanol–water partition coefficient (Wildman–Crippen LogP) is 5.52. The Morgan fingerprint density at radius 2 is 1.52 bits per heavy atom. The molecule has 0 aliphatic heterocycles. The second-order valence-electron chi connectivity index (χ2n) is 7.30. The smallest absolute Gasteiger partial charge is 0.169 e. The van der Waals surface area contributed by atoms with Gasteiger partial charge in [0.1, 0.15) is 12.8 Å². The Kier molecular flexibility index (Phi) is 3.93. The lowest BCUT2D eigenvalue weighted by molar-refractivity contribution is -0.671. The quantitative estimate of drug-likeness (QED) is 0.301. The van der Waals surface area contributed by atoms with E-state index in [0.717, 1.165) is 43.8 Å². The van der Waals surface area contributed by atoms with Crippen LogP contribution in [0.3, 0.4) is 0 Å². The van der Waals surface area contributed by atoms with E-state index in [1.807, 2.05) is 36.1 Å². The summed E-state index contributed by atoms with van der Waals surface area (Å²) in [6, 6.07) is 25.3. The van der Waals surface area contributed by atoms with Crippen molar-refractivity contribution in [3.63, 3.8) is 0 Å². The number of benzene rings is 4. The molecule has 29 heavy (non-hydrogen) atoms. The van der Waals surface area contributed by atoms with Crippen molar-refractivity contribution in [1.29, 1.82) is 5.26 Å². The van der Waals surface area contributed by atoms with E-state index in [0.29, 0.717) is 5.56 Å². The molecule has 0 fully saturated rings. The fourth-order valence-corrected chi connectivity index (χ4v) is 4.06. The third-order valence-corrected chi connectivity index (χ3v) is 5.57. The Morgan fingerprint density at radius 1 is 0.759 bits per heavy atom. The van der Waals surface area contributed by atoms with Crippen LogP contribution in [0.5, 0.6) is 5.75 Å². The van der Waals surface area contributed by atoms with Crippen molar-refractivity contribution in [3.8, 4) is 22.9 Å². The molecule has 3 nitrogen and oxygen atoms in total. The monoisotopic (exact) mass is 375 g/mol. The lowest BCUT2D eigenvalue weighted by atomic mass is 9.91. The third-order valence-electron chi connectivity index (χ3n) is 5.57. The van der Waals surface area contributed by atoms with E-state index in [-0.39, 0.29) is 0 Å². The van der Waals surface area contributed by atoms with Crippen LogP contribution in [0.2, 0.25) is 0 Å². The Labute approximate surface area is 169 Å². The van der Waals surface area contributed by atoms with Crippen LogP contribution in [0, 0.1) is 11.3 Å². The maximum atomic E-state index is 9.72. The van der Waals surface area contributed by atoms with Gasteiger partial charge in [-0.2, -0.15) is 5.26 Å². The number of nitrogens with zero attached hydrogens (tertiary/aromatic N) is 2. The first-order valence-electron chi connectivity index (χ1n) is 9.51. The molecule has 0 N–H and O–H groups in total. The van der Waals surface area contributed by atoms with Crippen molar-refractivity contribution in [2.24, 2.45) is 7.05 Å². The predicted molar refractivity (Wildman–Crippen MR) is 117 cm³/mol. The molecule has 0 spiro atoms. The number of hydrogen-bond donors (Lipinski definition) is 0. The molecule has 0 aliphatic carbocycles. The number of aryl methyl sites for hydroxylation is 1. The fourth-order valence-electron chi connectivity index (χ4n) is 4.06. The Hall–Kier alpha value is -3.90. The van der Waals surface area contributed by atoms with Gasteiger partial charge in [0, 0.05) is 17.5 Å². The van der Waals surface area contributed by atoms with Crippen LogP contribution in [0.25, 0.3) is 43.4 Å². The largest absolute Gasteiger partial charge is 0.497 e. The molecule has 5 aromatic rings. The van der Waals surface area contributed by atoms with Crippen molar-refractivity contribution < 1.29 is 9.30 Å². The fraction of sp³-hybridized carbons (Fsp3) is 0.0769. The molecule has 0 amide bonds. The number of pyridine rings is 1. The molecule has 0 radical (unpaired) electrons. The lowest BCUT2D eigenvalue weighted by Gasteiger charge is -2.12. The highest BCUT2D eigenvalue weighted by atomic mass is 16.5. The minimum atomic E-state index is 0.700. The van der Waals surface area contributed by atoms with Gasteiger partial charge < -0.3 is 4.74 Å². The van der Waals surface area contributed by atoms with Crippen molar-refractivity contribution in [2.75, 3.05) is 7.11 Å². The normalized spacial score (nSPS) is 11.1. The first kappa shape index (κ1) is 17.2. The maximum Gasteiger partial charge on any atom is 0.169 e. The number of fused-ring (bicyclic) bond motifs is 5. The molecule has 1 aromatic heterocycles. The Bertz CT molecular complexity index is 1440. The van der Waals surface area contributed by atoms with Crippen LogP contribution in [-0.4, -0.2) is 7.11 Å². The molecule has 0 saturated heterocycles. The molecule has 4 aromatic carbocycles. The van der Waals surface area contributed by atoms with Gasteiger partial charge in [-0.15, -0.1) is 0 Å². The molecule has 0 atom stereocenters. The van der Waals surface area contributed by atoms with Crippen molar-refractivity contribution in [3.05, 3.63) is 84.7 Å². The SMILES string of the molecule is COc1ccc2c(ccc3cc(C#N)c4ccc(-c5cc[n+](C)cc5)cc4c32)c1. The summed E-state index contributed by atoms with van der Waals surface area (Å²) in [6.45, 7) is 0. The highest BCUT2D eigenvalue weighted by Gasteiger charge is 2.12. The third kappa shape index (κ3) is 2.78. The van der Waals surface area contributed by atoms with E-state index in [1.165, 1.54) is 5.39 Å². The summed E-state index contributed by atoms with van der Waals surface area (Å²) in [4.78, 5) is 0. The van der Waals surface area contributed by atoms with E-state index >= 15 is 0 Å². The summed E-state index contributed by atoms with van der Waals surface area (Å²) >= 11 is 0. The zero-order chi connectivity index (χ0) is 20.0. The number of methoxy groups -OCH3 is 1. The second kappa shape index (κ2) is 6.61. The topological polar surface area (TPSA) is 36.9 Å². The summed E-state index contributed by atoms with van der Waals surface area (Å²) in [5.74, 6) is 0.840. The van der Waals surface area contributed by atoms with E-state index in [1.54, 1.807) is 7.11 Å².